The van der Waals surface area contributed by atoms with Gasteiger partial charge in [-0.25, -0.2) is 0 Å². The molecule has 27 heavy (non-hydrogen) atoms. The molecule has 0 N–H and O–H groups in total. The molecule has 0 aliphatic carbocycles. The van der Waals surface area contributed by atoms with Crippen LogP contribution in [0.1, 0.15) is 5.56 Å². The molecule has 0 amide bonds. The lowest BCUT2D eigenvalue weighted by Gasteiger charge is -2.22. The number of halogens is 3. The number of ether oxygens (including phenoxy) is 1. The highest BCUT2D eigenvalue weighted by Gasteiger charge is 2.48. The topological polar surface area (TPSA) is 76.4 Å². The maximum absolute atomic E-state index is 12.7. The second-order valence-electron chi connectivity index (χ2n) is 5.70. The van der Waals surface area contributed by atoms with E-state index >= 15 is 0 Å². The number of nitriles is 1. The highest BCUT2D eigenvalue weighted by Crippen LogP contribution is 2.49. The van der Waals surface area contributed by atoms with Crippen molar-refractivity contribution in [1.82, 2.24) is 0 Å². The smallest absolute Gasteiger partial charge is 0.456 e. The minimum Gasteiger partial charge on any atom is -0.456 e. The summed E-state index contributed by atoms with van der Waals surface area (Å²) in [6.07, 6.45) is 0. The van der Waals surface area contributed by atoms with Gasteiger partial charge in [-0.05, 0) is 35.9 Å². The van der Waals surface area contributed by atoms with E-state index in [1.165, 1.54) is 12.1 Å². The van der Waals surface area contributed by atoms with E-state index < -0.39 is 21.4 Å². The van der Waals surface area contributed by atoms with Gasteiger partial charge < -0.3 is 8.92 Å². The van der Waals surface area contributed by atoms with Crippen LogP contribution in [0, 0.1) is 11.3 Å². The van der Waals surface area contributed by atoms with Gasteiger partial charge in [-0.15, -0.1) is 0 Å². The van der Waals surface area contributed by atoms with Crippen molar-refractivity contribution in [1.29, 1.82) is 5.26 Å². The molecule has 3 aromatic carbocycles. The molecular formula is C18H8F3NO4S. The Bertz CT molecular complexity index is 1240. The van der Waals surface area contributed by atoms with Gasteiger partial charge in [0.15, 0.2) is 5.75 Å². The third-order valence-electron chi connectivity index (χ3n) is 4.07. The number of hydrogen-bond donors (Lipinski definition) is 0. The van der Waals surface area contributed by atoms with Gasteiger partial charge in [-0.2, -0.15) is 26.9 Å². The molecule has 0 saturated heterocycles. The molecule has 5 nitrogen and oxygen atoms in total. The van der Waals surface area contributed by atoms with Gasteiger partial charge in [-0.1, -0.05) is 18.2 Å². The SMILES string of the molecule is N#Cc1ccc2c(c1)Oc1ccc(OS(=O)(=O)C(F)(F)F)c3cccc-2c13. The first-order valence-corrected chi connectivity index (χ1v) is 8.91. The molecule has 0 saturated carbocycles. The van der Waals surface area contributed by atoms with Crippen molar-refractivity contribution >= 4 is 20.9 Å². The fourth-order valence-electron chi connectivity index (χ4n) is 2.91. The van der Waals surface area contributed by atoms with Gasteiger partial charge in [0.1, 0.15) is 11.5 Å². The summed E-state index contributed by atoms with van der Waals surface area (Å²) in [7, 11) is -5.80. The molecule has 4 rings (SSSR count). The number of alkyl halides is 3. The van der Waals surface area contributed by atoms with Gasteiger partial charge in [0.05, 0.1) is 11.6 Å². The molecule has 1 heterocycles. The molecule has 0 spiro atoms. The van der Waals surface area contributed by atoms with Crippen molar-refractivity contribution in [3.8, 4) is 34.4 Å². The zero-order valence-electron chi connectivity index (χ0n) is 13.2. The quantitative estimate of drug-likeness (QED) is 0.365. The summed E-state index contributed by atoms with van der Waals surface area (Å²) >= 11 is 0. The largest absolute Gasteiger partial charge is 0.534 e. The minimum atomic E-state index is -5.80. The molecule has 0 aromatic heterocycles. The Morgan fingerprint density at radius 3 is 2.48 bits per heavy atom. The molecule has 3 aromatic rings. The summed E-state index contributed by atoms with van der Waals surface area (Å²) in [5, 5.41) is 9.61. The van der Waals surface area contributed by atoms with E-state index in [2.05, 4.69) is 4.18 Å². The number of rotatable bonds is 2. The number of benzene rings is 3. The summed E-state index contributed by atoms with van der Waals surface area (Å²) in [4.78, 5) is 0. The van der Waals surface area contributed by atoms with Crippen molar-refractivity contribution in [2.45, 2.75) is 5.51 Å². The molecule has 0 fully saturated rings. The third-order valence-corrected chi connectivity index (χ3v) is 5.03. The Morgan fingerprint density at radius 1 is 1.00 bits per heavy atom. The summed E-state index contributed by atoms with van der Waals surface area (Å²) < 4.78 is 70.8. The number of fused-ring (bicyclic) bond motifs is 2. The second-order valence-corrected chi connectivity index (χ2v) is 7.24. The fraction of sp³-hybridized carbons (Fsp3) is 0.0556. The molecule has 0 atom stereocenters. The van der Waals surface area contributed by atoms with E-state index in [1.807, 2.05) is 6.07 Å². The van der Waals surface area contributed by atoms with Gasteiger partial charge in [0.25, 0.3) is 0 Å². The fourth-order valence-corrected chi connectivity index (χ4v) is 3.39. The van der Waals surface area contributed by atoms with Crippen LogP contribution in [0.4, 0.5) is 13.2 Å². The van der Waals surface area contributed by atoms with Crippen molar-refractivity contribution in [3.05, 3.63) is 54.1 Å². The van der Waals surface area contributed by atoms with E-state index in [-0.39, 0.29) is 5.39 Å². The van der Waals surface area contributed by atoms with Crippen molar-refractivity contribution in [2.24, 2.45) is 0 Å². The monoisotopic (exact) mass is 391 g/mol. The van der Waals surface area contributed by atoms with Crippen LogP contribution in [0.2, 0.25) is 0 Å². The average Bonchev–Trinajstić information content (AvgIpc) is 2.62. The zero-order chi connectivity index (χ0) is 19.4. The number of nitrogens with zero attached hydrogens (tertiary/aromatic N) is 1. The Balaban J connectivity index is 1.93. The molecule has 9 heteroatoms. The van der Waals surface area contributed by atoms with Crippen LogP contribution < -0.4 is 8.92 Å². The molecule has 0 bridgehead atoms. The third kappa shape index (κ3) is 2.65. The van der Waals surface area contributed by atoms with Crippen molar-refractivity contribution in [3.63, 3.8) is 0 Å². The van der Waals surface area contributed by atoms with E-state index in [9.17, 15) is 21.6 Å². The van der Waals surface area contributed by atoms with Gasteiger partial charge in [-0.3, -0.25) is 0 Å². The van der Waals surface area contributed by atoms with Gasteiger partial charge in [0.2, 0.25) is 0 Å². The predicted octanol–water partition coefficient (Wildman–Crippen LogP) is 4.71. The van der Waals surface area contributed by atoms with Crippen LogP contribution in [0.3, 0.4) is 0 Å². The standard InChI is InChI=1S/C18H8F3NO4S/c19-18(20,21)27(23,24)26-14-6-7-15-17-12(2-1-3-13(14)17)11-5-4-10(9-22)8-16(11)25-15/h1-8H. The molecule has 1 aliphatic heterocycles. The van der Waals surface area contributed by atoms with Crippen LogP contribution in [0.5, 0.6) is 17.2 Å². The van der Waals surface area contributed by atoms with E-state index in [4.69, 9.17) is 10.00 Å². The normalized spacial score (nSPS) is 12.8. The molecule has 136 valence electrons. The van der Waals surface area contributed by atoms with Crippen LogP contribution in [-0.2, 0) is 10.1 Å². The summed E-state index contributed by atoms with van der Waals surface area (Å²) in [5.74, 6) is 0.291. The molecule has 0 radical (unpaired) electrons. The van der Waals surface area contributed by atoms with Gasteiger partial charge in [0, 0.05) is 16.3 Å². The summed E-state index contributed by atoms with van der Waals surface area (Å²) in [6.45, 7) is 0. The van der Waals surface area contributed by atoms with Crippen LogP contribution >= 0.6 is 0 Å². The average molecular weight is 391 g/mol. The molecule has 0 unspecified atom stereocenters. The van der Waals surface area contributed by atoms with E-state index in [0.717, 1.165) is 6.07 Å². The lowest BCUT2D eigenvalue weighted by molar-refractivity contribution is -0.0499. The Morgan fingerprint density at radius 2 is 1.78 bits per heavy atom. The van der Waals surface area contributed by atoms with E-state index in [0.29, 0.717) is 33.6 Å². The first-order chi connectivity index (χ1) is 12.7. The molecule has 1 aliphatic rings. The predicted molar refractivity (Wildman–Crippen MR) is 89.8 cm³/mol. The maximum atomic E-state index is 12.7. The van der Waals surface area contributed by atoms with Gasteiger partial charge >= 0.3 is 15.6 Å². The lowest BCUT2D eigenvalue weighted by Crippen LogP contribution is -2.28. The van der Waals surface area contributed by atoms with Crippen molar-refractivity contribution < 1.29 is 30.5 Å². The first kappa shape index (κ1) is 17.2. The highest BCUT2D eigenvalue weighted by atomic mass is 32.2. The second kappa shape index (κ2) is 5.62. The Labute approximate surface area is 151 Å². The zero-order valence-corrected chi connectivity index (χ0v) is 14.1. The van der Waals surface area contributed by atoms with Crippen LogP contribution in [0.15, 0.2) is 48.5 Å². The number of hydrogen-bond acceptors (Lipinski definition) is 5. The van der Waals surface area contributed by atoms with Crippen LogP contribution in [-0.4, -0.2) is 13.9 Å². The lowest BCUT2D eigenvalue weighted by atomic mass is 9.94. The summed E-state index contributed by atoms with van der Waals surface area (Å²) in [6, 6.07) is 14.0. The Hall–Kier alpha value is -3.25. The van der Waals surface area contributed by atoms with E-state index in [1.54, 1.807) is 30.3 Å². The Kier molecular flexibility index (Phi) is 3.58. The first-order valence-electron chi connectivity index (χ1n) is 7.50. The highest BCUT2D eigenvalue weighted by molar-refractivity contribution is 7.88. The molecular weight excluding hydrogens is 383 g/mol. The summed E-state index contributed by atoms with van der Waals surface area (Å²) in [5.41, 5.74) is -3.89. The van der Waals surface area contributed by atoms with Crippen LogP contribution in [0.25, 0.3) is 21.9 Å². The van der Waals surface area contributed by atoms with Crippen molar-refractivity contribution in [2.75, 3.05) is 0 Å². The minimum absolute atomic E-state index is 0.160. The maximum Gasteiger partial charge on any atom is 0.534 e.